The molecule has 0 radical (unpaired) electrons. The fraction of sp³-hybridized carbons (Fsp3) is 0.250. The number of nitrogens with two attached hydrogens (primary N) is 1. The van der Waals surface area contributed by atoms with Crippen LogP contribution in [0.25, 0.3) is 5.52 Å². The number of fused-ring (bicyclic) bond motifs is 1. The summed E-state index contributed by atoms with van der Waals surface area (Å²) in [5.74, 6) is 0. The van der Waals surface area contributed by atoms with Gasteiger partial charge in [-0.3, -0.25) is 0 Å². The van der Waals surface area contributed by atoms with E-state index in [-0.39, 0.29) is 6.54 Å². The van der Waals surface area contributed by atoms with Crippen LogP contribution in [0.15, 0.2) is 24.5 Å². The molecule has 2 rings (SSSR count). The van der Waals surface area contributed by atoms with E-state index in [4.69, 9.17) is 5.73 Å². The summed E-state index contributed by atoms with van der Waals surface area (Å²) in [6.07, 6.45) is 2.74. The number of aliphatic hydroxyl groups excluding tert-OH is 1. The van der Waals surface area contributed by atoms with Crippen LogP contribution in [0.3, 0.4) is 0 Å². The summed E-state index contributed by atoms with van der Waals surface area (Å²) in [5.41, 5.74) is 6.97. The van der Waals surface area contributed by atoms with Crippen LogP contribution in [0, 0.1) is 0 Å². The predicted molar refractivity (Wildman–Crippen MR) is 47.0 cm³/mol. The molecule has 0 aromatic carbocycles. The number of hydrogen-bond donors (Lipinski definition) is 2. The molecule has 3 N–H and O–H groups in total. The average Bonchev–Trinajstić information content (AvgIpc) is 2.63. The van der Waals surface area contributed by atoms with Gasteiger partial charge in [-0.2, -0.15) is 0 Å². The second kappa shape index (κ2) is 3.12. The minimum Gasteiger partial charge on any atom is -0.387 e. The molecule has 1 atom stereocenters. The van der Waals surface area contributed by atoms with Crippen LogP contribution >= 0.6 is 0 Å². The van der Waals surface area contributed by atoms with E-state index in [2.05, 4.69) is 10.3 Å². The number of nitrogens with zero attached hydrogens (tertiary/aromatic N) is 3. The molecule has 1 unspecified atom stereocenters. The van der Waals surface area contributed by atoms with Crippen molar-refractivity contribution in [3.8, 4) is 0 Å². The Balaban J connectivity index is 2.48. The van der Waals surface area contributed by atoms with Gasteiger partial charge in [0.1, 0.15) is 0 Å². The molecule has 0 spiro atoms. The number of hydrogen-bond acceptors (Lipinski definition) is 4. The van der Waals surface area contributed by atoms with Gasteiger partial charge in [0, 0.05) is 18.3 Å². The van der Waals surface area contributed by atoms with Crippen molar-refractivity contribution in [2.24, 2.45) is 5.73 Å². The van der Waals surface area contributed by atoms with Crippen molar-refractivity contribution in [1.29, 1.82) is 0 Å². The Morgan fingerprint density at radius 3 is 3.15 bits per heavy atom. The predicted octanol–water partition coefficient (Wildman–Crippen LogP) is -0.279. The molecule has 0 aliphatic carbocycles. The highest BCUT2D eigenvalue weighted by molar-refractivity contribution is 5.44. The second-order valence-corrected chi connectivity index (χ2v) is 2.82. The molecule has 5 heteroatoms. The van der Waals surface area contributed by atoms with E-state index in [1.165, 1.54) is 0 Å². The first-order valence-corrected chi connectivity index (χ1v) is 3.99. The topological polar surface area (TPSA) is 76.4 Å². The maximum atomic E-state index is 9.44. The first-order valence-electron chi connectivity index (χ1n) is 3.99. The molecule has 68 valence electrons. The monoisotopic (exact) mass is 178 g/mol. The van der Waals surface area contributed by atoms with Crippen LogP contribution in [-0.2, 0) is 0 Å². The largest absolute Gasteiger partial charge is 0.387 e. The van der Waals surface area contributed by atoms with Crippen LogP contribution in [0.2, 0.25) is 0 Å². The normalized spacial score (nSPS) is 13.4. The van der Waals surface area contributed by atoms with Crippen LogP contribution in [0.1, 0.15) is 11.7 Å². The highest BCUT2D eigenvalue weighted by Gasteiger charge is 2.05. The van der Waals surface area contributed by atoms with Crippen LogP contribution < -0.4 is 5.73 Å². The molecule has 0 aliphatic rings. The van der Waals surface area contributed by atoms with Gasteiger partial charge in [0.05, 0.1) is 17.8 Å². The molecule has 2 aromatic rings. The first kappa shape index (κ1) is 8.15. The van der Waals surface area contributed by atoms with E-state index < -0.39 is 6.10 Å². The maximum Gasteiger partial charge on any atom is 0.0927 e. The summed E-state index contributed by atoms with van der Waals surface area (Å²) in [5, 5.41) is 17.0. The standard InChI is InChI=1S/C8H10N4O/c9-3-8(13)6-1-2-7-4-10-11-12(7)5-6/h1-2,4-5,8,13H,3,9H2. The lowest BCUT2D eigenvalue weighted by Gasteiger charge is -2.06. The Hall–Kier alpha value is -1.46. The van der Waals surface area contributed by atoms with E-state index in [0.717, 1.165) is 11.1 Å². The van der Waals surface area contributed by atoms with Gasteiger partial charge in [-0.25, -0.2) is 4.52 Å². The van der Waals surface area contributed by atoms with Crippen LogP contribution in [0.4, 0.5) is 0 Å². The zero-order valence-electron chi connectivity index (χ0n) is 6.96. The van der Waals surface area contributed by atoms with Gasteiger partial charge in [-0.05, 0) is 6.07 Å². The zero-order valence-corrected chi connectivity index (χ0v) is 6.96. The molecule has 2 heterocycles. The van der Waals surface area contributed by atoms with Gasteiger partial charge in [0.25, 0.3) is 0 Å². The lowest BCUT2D eigenvalue weighted by molar-refractivity contribution is 0.186. The van der Waals surface area contributed by atoms with Crippen LogP contribution in [0.5, 0.6) is 0 Å². The highest BCUT2D eigenvalue weighted by atomic mass is 16.3. The molecule has 0 fully saturated rings. The van der Waals surface area contributed by atoms with Crippen molar-refractivity contribution < 1.29 is 5.11 Å². The van der Waals surface area contributed by atoms with Gasteiger partial charge < -0.3 is 10.8 Å². The van der Waals surface area contributed by atoms with Crippen molar-refractivity contribution in [1.82, 2.24) is 14.8 Å². The molecule has 0 aliphatic heterocycles. The summed E-state index contributed by atoms with van der Waals surface area (Å²) in [6.45, 7) is 0.209. The first-order chi connectivity index (χ1) is 6.31. The van der Waals surface area contributed by atoms with Crippen molar-refractivity contribution in [3.63, 3.8) is 0 Å². The van der Waals surface area contributed by atoms with E-state index >= 15 is 0 Å². The molecule has 0 bridgehead atoms. The Morgan fingerprint density at radius 2 is 2.38 bits per heavy atom. The minimum atomic E-state index is -0.631. The zero-order chi connectivity index (χ0) is 9.26. The van der Waals surface area contributed by atoms with Crippen LogP contribution in [-0.4, -0.2) is 26.5 Å². The third kappa shape index (κ3) is 1.39. The smallest absolute Gasteiger partial charge is 0.0927 e. The SMILES string of the molecule is NCC(O)c1ccc2cnnn2c1. The molecule has 13 heavy (non-hydrogen) atoms. The molecular weight excluding hydrogens is 168 g/mol. The van der Waals surface area contributed by atoms with E-state index in [0.29, 0.717) is 0 Å². The van der Waals surface area contributed by atoms with E-state index in [1.54, 1.807) is 16.9 Å². The molecule has 0 saturated carbocycles. The van der Waals surface area contributed by atoms with Crippen molar-refractivity contribution in [2.45, 2.75) is 6.10 Å². The van der Waals surface area contributed by atoms with E-state index in [1.807, 2.05) is 12.1 Å². The lowest BCUT2D eigenvalue weighted by Crippen LogP contribution is -2.12. The highest BCUT2D eigenvalue weighted by Crippen LogP contribution is 2.11. The van der Waals surface area contributed by atoms with Crippen molar-refractivity contribution in [3.05, 3.63) is 30.1 Å². The average molecular weight is 178 g/mol. The summed E-state index contributed by atoms with van der Waals surface area (Å²) in [6, 6.07) is 3.66. The number of rotatable bonds is 2. The van der Waals surface area contributed by atoms with E-state index in [9.17, 15) is 5.11 Å². The fourth-order valence-electron chi connectivity index (χ4n) is 1.17. The number of aromatic nitrogens is 3. The number of pyridine rings is 1. The minimum absolute atomic E-state index is 0.209. The third-order valence-corrected chi connectivity index (χ3v) is 1.93. The Bertz CT molecular complexity index is 411. The summed E-state index contributed by atoms with van der Waals surface area (Å²) in [4.78, 5) is 0. The second-order valence-electron chi connectivity index (χ2n) is 2.82. The van der Waals surface area contributed by atoms with Crippen molar-refractivity contribution >= 4 is 5.52 Å². The lowest BCUT2D eigenvalue weighted by atomic mass is 10.1. The maximum absolute atomic E-state index is 9.44. The number of aliphatic hydroxyl groups is 1. The quantitative estimate of drug-likeness (QED) is 0.663. The molecule has 0 saturated heterocycles. The molecule has 5 nitrogen and oxygen atoms in total. The summed E-state index contributed by atoms with van der Waals surface area (Å²) in [7, 11) is 0. The van der Waals surface area contributed by atoms with Crippen molar-refractivity contribution in [2.75, 3.05) is 6.54 Å². The summed E-state index contributed by atoms with van der Waals surface area (Å²) < 4.78 is 1.61. The molecule has 0 amide bonds. The Kier molecular flexibility index (Phi) is 1.96. The van der Waals surface area contributed by atoms with Gasteiger partial charge in [0.2, 0.25) is 0 Å². The molecule has 2 aromatic heterocycles. The fourth-order valence-corrected chi connectivity index (χ4v) is 1.17. The Morgan fingerprint density at radius 1 is 1.54 bits per heavy atom. The Labute approximate surface area is 74.8 Å². The van der Waals surface area contributed by atoms with Gasteiger partial charge in [0.15, 0.2) is 0 Å². The summed E-state index contributed by atoms with van der Waals surface area (Å²) >= 11 is 0. The van der Waals surface area contributed by atoms with Gasteiger partial charge in [-0.15, -0.1) is 5.10 Å². The molecular formula is C8H10N4O. The third-order valence-electron chi connectivity index (χ3n) is 1.93. The van der Waals surface area contributed by atoms with Gasteiger partial charge >= 0.3 is 0 Å². The van der Waals surface area contributed by atoms with Gasteiger partial charge in [-0.1, -0.05) is 11.3 Å².